The van der Waals surface area contributed by atoms with E-state index in [9.17, 15) is 0 Å². The molecule has 0 bridgehead atoms. The van der Waals surface area contributed by atoms with Crippen LogP contribution in [0.3, 0.4) is 0 Å². The van der Waals surface area contributed by atoms with Crippen LogP contribution in [-0.4, -0.2) is 53.0 Å². The minimum absolute atomic E-state index is 0.370. The van der Waals surface area contributed by atoms with Gasteiger partial charge in [-0.1, -0.05) is 0 Å². The molecule has 0 unspecified atom stereocenters. The first-order valence-corrected chi connectivity index (χ1v) is 5.68. The molecular weight excluding hydrogens is 214 g/mol. The highest BCUT2D eigenvalue weighted by atomic mass is 15.2. The lowest BCUT2D eigenvalue weighted by atomic mass is 10.3. The maximum atomic E-state index is 5.69. The Labute approximate surface area is 102 Å². The zero-order valence-electron chi connectivity index (χ0n) is 10.1. The van der Waals surface area contributed by atoms with Crippen LogP contribution in [0.2, 0.25) is 0 Å². The van der Waals surface area contributed by atoms with Crippen LogP contribution >= 0.6 is 0 Å². The Morgan fingerprint density at radius 2 is 2.06 bits per heavy atom. The van der Waals surface area contributed by atoms with Gasteiger partial charge in [0, 0.05) is 38.8 Å². The van der Waals surface area contributed by atoms with Gasteiger partial charge in [-0.05, 0) is 13.0 Å². The minimum atomic E-state index is 0.370. The highest BCUT2D eigenvalue weighted by Gasteiger charge is 2.14. The van der Waals surface area contributed by atoms with Crippen molar-refractivity contribution in [2.45, 2.75) is 6.54 Å². The van der Waals surface area contributed by atoms with E-state index in [1.165, 1.54) is 0 Å². The molecule has 1 fully saturated rings. The summed E-state index contributed by atoms with van der Waals surface area (Å²) in [4.78, 5) is 12.9. The quantitative estimate of drug-likeness (QED) is 0.714. The summed E-state index contributed by atoms with van der Waals surface area (Å²) in [6.45, 7) is 5.05. The number of hydrogen-bond donors (Lipinski definition) is 1. The average Bonchev–Trinajstić information content (AvgIpc) is 2.31. The molecule has 1 aliphatic heterocycles. The molecule has 0 spiro atoms. The van der Waals surface area contributed by atoms with Gasteiger partial charge in [0.2, 0.25) is 5.82 Å². The van der Waals surface area contributed by atoms with Crippen molar-refractivity contribution in [3.63, 3.8) is 0 Å². The van der Waals surface area contributed by atoms with Gasteiger partial charge >= 0.3 is 0 Å². The number of anilines is 1. The fraction of sp³-hybridized carbons (Fsp3) is 0.500. The first-order chi connectivity index (χ1) is 8.17. The summed E-state index contributed by atoms with van der Waals surface area (Å²) in [7, 11) is 2.14. The van der Waals surface area contributed by atoms with E-state index in [0.717, 1.165) is 38.4 Å². The van der Waals surface area contributed by atoms with Gasteiger partial charge in [-0.3, -0.25) is 4.90 Å². The molecule has 17 heavy (non-hydrogen) atoms. The predicted molar refractivity (Wildman–Crippen MR) is 67.2 cm³/mol. The Hall–Kier alpha value is -1.64. The largest absolute Gasteiger partial charge is 0.384 e. The first kappa shape index (κ1) is 11.8. The number of likely N-dealkylation sites (N-methyl/N-ethyl adjacent to an activating group) is 1. The number of nitrogen functional groups attached to an aromatic ring is 1. The Kier molecular flexibility index (Phi) is 3.57. The third-order valence-corrected chi connectivity index (χ3v) is 2.91. The molecule has 1 aliphatic rings. The van der Waals surface area contributed by atoms with Crippen molar-refractivity contribution >= 4 is 5.82 Å². The molecular formula is C12H17N5. The maximum absolute atomic E-state index is 5.69. The Morgan fingerprint density at radius 1 is 1.35 bits per heavy atom. The Morgan fingerprint density at radius 3 is 2.71 bits per heavy atom. The normalized spacial score (nSPS) is 17.9. The number of nitrogens with two attached hydrogens (primary N) is 1. The van der Waals surface area contributed by atoms with Gasteiger partial charge in [0.05, 0.1) is 5.69 Å². The van der Waals surface area contributed by atoms with Crippen LogP contribution in [0.15, 0.2) is 6.07 Å². The van der Waals surface area contributed by atoms with Crippen LogP contribution < -0.4 is 5.73 Å². The summed E-state index contributed by atoms with van der Waals surface area (Å²) in [5.74, 6) is 3.23. The summed E-state index contributed by atoms with van der Waals surface area (Å²) in [6, 6.07) is 1.79. The van der Waals surface area contributed by atoms with Crippen molar-refractivity contribution < 1.29 is 0 Å². The fourth-order valence-electron chi connectivity index (χ4n) is 1.90. The lowest BCUT2D eigenvalue weighted by Gasteiger charge is -2.32. The molecule has 1 aromatic heterocycles. The second kappa shape index (κ2) is 5.13. The van der Waals surface area contributed by atoms with Gasteiger partial charge < -0.3 is 10.6 Å². The second-order valence-electron chi connectivity index (χ2n) is 4.33. The molecule has 2 N–H and O–H groups in total. The number of aromatic nitrogens is 2. The van der Waals surface area contributed by atoms with E-state index in [4.69, 9.17) is 12.2 Å². The predicted octanol–water partition coefficient (Wildman–Crippen LogP) is -0.212. The number of rotatable bonds is 2. The van der Waals surface area contributed by atoms with Crippen LogP contribution in [-0.2, 0) is 6.54 Å². The van der Waals surface area contributed by atoms with Crippen molar-refractivity contribution in [1.29, 1.82) is 0 Å². The number of hydrogen-bond acceptors (Lipinski definition) is 5. The molecule has 0 radical (unpaired) electrons. The zero-order chi connectivity index (χ0) is 12.3. The standard InChI is InChI=1S/C12H17N5/c1-3-12-14-10(8-11(13)15-12)9-17-6-4-16(2)5-7-17/h1,8H,4-7,9H2,2H3,(H2,13,14,15). The summed E-state index contributed by atoms with van der Waals surface area (Å²) in [5.41, 5.74) is 6.59. The van der Waals surface area contributed by atoms with Crippen molar-refractivity contribution in [2.24, 2.45) is 0 Å². The van der Waals surface area contributed by atoms with E-state index in [0.29, 0.717) is 11.6 Å². The second-order valence-corrected chi connectivity index (χ2v) is 4.33. The van der Waals surface area contributed by atoms with E-state index in [2.05, 4.69) is 32.7 Å². The third kappa shape index (κ3) is 3.16. The van der Waals surface area contributed by atoms with Crippen LogP contribution in [0.1, 0.15) is 11.5 Å². The number of terminal acetylenes is 1. The lowest BCUT2D eigenvalue weighted by molar-refractivity contribution is 0.147. The van der Waals surface area contributed by atoms with E-state index in [1.807, 2.05) is 0 Å². The summed E-state index contributed by atoms with van der Waals surface area (Å²) < 4.78 is 0. The average molecular weight is 231 g/mol. The summed E-state index contributed by atoms with van der Waals surface area (Å²) in [5, 5.41) is 0. The number of nitrogens with zero attached hydrogens (tertiary/aromatic N) is 4. The van der Waals surface area contributed by atoms with Crippen LogP contribution in [0, 0.1) is 12.3 Å². The molecule has 5 nitrogen and oxygen atoms in total. The van der Waals surface area contributed by atoms with E-state index >= 15 is 0 Å². The van der Waals surface area contributed by atoms with Gasteiger partial charge in [-0.2, -0.15) is 0 Å². The van der Waals surface area contributed by atoms with Crippen LogP contribution in [0.5, 0.6) is 0 Å². The number of piperazine rings is 1. The molecule has 0 saturated carbocycles. The van der Waals surface area contributed by atoms with Crippen LogP contribution in [0.25, 0.3) is 0 Å². The van der Waals surface area contributed by atoms with E-state index in [1.54, 1.807) is 6.07 Å². The van der Waals surface area contributed by atoms with Gasteiger partial charge in [0.25, 0.3) is 0 Å². The van der Waals surface area contributed by atoms with Crippen molar-refractivity contribution in [3.8, 4) is 12.3 Å². The molecule has 0 aromatic carbocycles. The molecule has 5 heteroatoms. The van der Waals surface area contributed by atoms with Crippen molar-refractivity contribution in [3.05, 3.63) is 17.6 Å². The van der Waals surface area contributed by atoms with Crippen molar-refractivity contribution in [2.75, 3.05) is 39.0 Å². The summed E-state index contributed by atoms with van der Waals surface area (Å²) in [6.07, 6.45) is 5.29. The highest BCUT2D eigenvalue weighted by Crippen LogP contribution is 2.08. The molecule has 2 rings (SSSR count). The van der Waals surface area contributed by atoms with E-state index < -0.39 is 0 Å². The third-order valence-electron chi connectivity index (χ3n) is 2.91. The highest BCUT2D eigenvalue weighted by molar-refractivity contribution is 5.33. The monoisotopic (exact) mass is 231 g/mol. The molecule has 0 atom stereocenters. The van der Waals surface area contributed by atoms with Gasteiger partial charge in [0.1, 0.15) is 5.82 Å². The smallest absolute Gasteiger partial charge is 0.206 e. The first-order valence-electron chi connectivity index (χ1n) is 5.68. The topological polar surface area (TPSA) is 58.3 Å². The Bertz CT molecular complexity index is 429. The molecule has 2 heterocycles. The van der Waals surface area contributed by atoms with Crippen LogP contribution in [0.4, 0.5) is 5.82 Å². The fourth-order valence-corrected chi connectivity index (χ4v) is 1.90. The lowest BCUT2D eigenvalue weighted by Crippen LogP contribution is -2.44. The van der Waals surface area contributed by atoms with Gasteiger partial charge in [0.15, 0.2) is 0 Å². The molecule has 1 saturated heterocycles. The molecule has 90 valence electrons. The van der Waals surface area contributed by atoms with Crippen molar-refractivity contribution in [1.82, 2.24) is 19.8 Å². The van der Waals surface area contributed by atoms with Gasteiger partial charge in [-0.15, -0.1) is 6.42 Å². The van der Waals surface area contributed by atoms with E-state index in [-0.39, 0.29) is 0 Å². The molecule has 0 amide bonds. The molecule has 1 aromatic rings. The maximum Gasteiger partial charge on any atom is 0.206 e. The van der Waals surface area contributed by atoms with Gasteiger partial charge in [-0.25, -0.2) is 9.97 Å². The Balaban J connectivity index is 2.03. The zero-order valence-corrected chi connectivity index (χ0v) is 10.1. The summed E-state index contributed by atoms with van der Waals surface area (Å²) >= 11 is 0. The molecule has 0 aliphatic carbocycles. The SMILES string of the molecule is C#Cc1nc(N)cc(CN2CCN(C)CC2)n1. The minimum Gasteiger partial charge on any atom is -0.384 e.